The monoisotopic (exact) mass is 568 g/mol. The lowest BCUT2D eigenvalue weighted by atomic mass is 9.86. The van der Waals surface area contributed by atoms with Crippen molar-refractivity contribution in [3.8, 4) is 11.5 Å². The van der Waals surface area contributed by atoms with Gasteiger partial charge in [0.05, 0.1) is 18.6 Å². The van der Waals surface area contributed by atoms with Crippen LogP contribution in [0.3, 0.4) is 0 Å². The molecule has 1 saturated heterocycles. The van der Waals surface area contributed by atoms with Crippen LogP contribution >= 0.6 is 15.9 Å². The molecule has 2 aromatic rings. The van der Waals surface area contributed by atoms with Gasteiger partial charge in [-0.05, 0) is 68.0 Å². The molecule has 0 spiro atoms. The van der Waals surface area contributed by atoms with Crippen LogP contribution < -0.4 is 10.1 Å². The molecule has 1 atom stereocenters. The molecule has 198 valence electrons. The van der Waals surface area contributed by atoms with Gasteiger partial charge in [0.25, 0.3) is 0 Å². The number of carbonyl (C=O) groups excluding carboxylic acids is 2. The van der Waals surface area contributed by atoms with Crippen LogP contribution in [0, 0.1) is 5.92 Å². The maximum atomic E-state index is 13.8. The van der Waals surface area contributed by atoms with Gasteiger partial charge in [0.1, 0.15) is 11.5 Å². The number of nitrogens with one attached hydrogen (secondary N) is 1. The fourth-order valence-electron chi connectivity index (χ4n) is 6.15. The molecule has 2 aromatic carbocycles. The highest BCUT2D eigenvalue weighted by Crippen LogP contribution is 2.45. The van der Waals surface area contributed by atoms with E-state index >= 15 is 0 Å². The molecule has 2 fully saturated rings. The van der Waals surface area contributed by atoms with Crippen LogP contribution in [0.25, 0.3) is 0 Å². The van der Waals surface area contributed by atoms with Gasteiger partial charge >= 0.3 is 5.97 Å². The second-order valence-corrected chi connectivity index (χ2v) is 11.7. The van der Waals surface area contributed by atoms with Gasteiger partial charge in [-0.3, -0.25) is 4.79 Å². The molecule has 5 rings (SSSR count). The molecule has 0 aromatic heterocycles. The Bertz CT molecular complexity index is 1120. The molecule has 2 aliphatic heterocycles. The summed E-state index contributed by atoms with van der Waals surface area (Å²) in [5.41, 5.74) is 1.89. The predicted molar refractivity (Wildman–Crippen MR) is 147 cm³/mol. The van der Waals surface area contributed by atoms with Crippen molar-refractivity contribution in [3.63, 3.8) is 0 Å². The van der Waals surface area contributed by atoms with Gasteiger partial charge in [-0.25, -0.2) is 4.79 Å². The lowest BCUT2D eigenvalue weighted by Gasteiger charge is -2.36. The predicted octanol–water partition coefficient (Wildman–Crippen LogP) is 6.41. The smallest absolute Gasteiger partial charge is 0.337 e. The minimum absolute atomic E-state index is 0.0515. The number of nitrogens with zero attached hydrogens (tertiary/aromatic N) is 1. The third kappa shape index (κ3) is 6.20. The lowest BCUT2D eigenvalue weighted by Crippen LogP contribution is -2.47. The number of hydrogen-bond donors (Lipinski definition) is 1. The number of esters is 1. The van der Waals surface area contributed by atoms with Gasteiger partial charge in [0, 0.05) is 41.3 Å². The summed E-state index contributed by atoms with van der Waals surface area (Å²) in [4.78, 5) is 28.6. The van der Waals surface area contributed by atoms with Crippen molar-refractivity contribution in [1.29, 1.82) is 0 Å². The van der Waals surface area contributed by atoms with Gasteiger partial charge in [-0.15, -0.1) is 0 Å². The van der Waals surface area contributed by atoms with Crippen LogP contribution in [0.2, 0.25) is 0 Å². The van der Waals surface area contributed by atoms with Crippen LogP contribution in [-0.4, -0.2) is 49.6 Å². The third-order valence-corrected chi connectivity index (χ3v) is 8.68. The zero-order valence-electron chi connectivity index (χ0n) is 21.6. The maximum Gasteiger partial charge on any atom is 0.337 e. The lowest BCUT2D eigenvalue weighted by molar-refractivity contribution is -0.122. The topological polar surface area (TPSA) is 67.9 Å². The van der Waals surface area contributed by atoms with Gasteiger partial charge in [-0.2, -0.15) is 0 Å². The average molecular weight is 570 g/mol. The first-order valence-corrected chi connectivity index (χ1v) is 14.5. The second kappa shape index (κ2) is 12.0. The van der Waals surface area contributed by atoms with E-state index in [1.54, 1.807) is 18.2 Å². The van der Waals surface area contributed by atoms with E-state index < -0.39 is 11.9 Å². The number of methoxy groups -OCH3 is 1. The number of benzene rings is 2. The first kappa shape index (κ1) is 26.2. The minimum Gasteiger partial charge on any atom is -0.465 e. The van der Waals surface area contributed by atoms with Gasteiger partial charge in [0.2, 0.25) is 5.91 Å². The van der Waals surface area contributed by atoms with Crippen molar-refractivity contribution in [3.05, 3.63) is 57.6 Å². The number of halogens is 1. The molecular formula is C30H37BrN2O4. The van der Waals surface area contributed by atoms with Gasteiger partial charge < -0.3 is 19.7 Å². The Morgan fingerprint density at radius 1 is 0.946 bits per heavy atom. The molecule has 1 saturated carbocycles. The van der Waals surface area contributed by atoms with Crippen molar-refractivity contribution in [2.24, 2.45) is 5.92 Å². The average Bonchev–Trinajstić information content (AvgIpc) is 2.89. The number of rotatable bonds is 5. The van der Waals surface area contributed by atoms with E-state index in [9.17, 15) is 9.59 Å². The normalized spacial score (nSPS) is 21.1. The molecule has 1 N–H and O–H groups in total. The Morgan fingerprint density at radius 2 is 1.59 bits per heavy atom. The summed E-state index contributed by atoms with van der Waals surface area (Å²) in [7, 11) is 1.36. The maximum absolute atomic E-state index is 13.8. The quantitative estimate of drug-likeness (QED) is 0.422. The molecule has 3 aliphatic rings. The first-order chi connectivity index (χ1) is 18.0. The Kier molecular flexibility index (Phi) is 8.50. The van der Waals surface area contributed by atoms with Gasteiger partial charge in [-0.1, -0.05) is 48.0 Å². The van der Waals surface area contributed by atoms with Crippen molar-refractivity contribution < 1.29 is 19.1 Å². The second-order valence-electron chi connectivity index (χ2n) is 10.8. The van der Waals surface area contributed by atoms with Crippen LogP contribution in [0.1, 0.15) is 85.2 Å². The van der Waals surface area contributed by atoms with Crippen LogP contribution in [0.15, 0.2) is 40.9 Å². The number of piperidine rings is 1. The van der Waals surface area contributed by atoms with Crippen molar-refractivity contribution in [1.82, 2.24) is 10.2 Å². The summed E-state index contributed by atoms with van der Waals surface area (Å²) < 4.78 is 11.9. The highest BCUT2D eigenvalue weighted by atomic mass is 79.9. The summed E-state index contributed by atoms with van der Waals surface area (Å²) in [5, 5.41) is 3.34. The van der Waals surface area contributed by atoms with Crippen LogP contribution in [0.4, 0.5) is 0 Å². The number of fused-ring (bicyclic) bond motifs is 2. The Labute approximate surface area is 228 Å². The van der Waals surface area contributed by atoms with Crippen molar-refractivity contribution in [2.45, 2.75) is 69.7 Å². The Balaban J connectivity index is 1.28. The van der Waals surface area contributed by atoms with E-state index in [0.717, 1.165) is 41.9 Å². The van der Waals surface area contributed by atoms with E-state index in [2.05, 4.69) is 26.1 Å². The Morgan fingerprint density at radius 3 is 2.30 bits per heavy atom. The molecular weight excluding hydrogens is 532 g/mol. The number of amides is 1. The zero-order valence-corrected chi connectivity index (χ0v) is 23.2. The number of likely N-dealkylation sites (tertiary alicyclic amines) is 1. The highest BCUT2D eigenvalue weighted by Gasteiger charge is 2.35. The number of ether oxygens (including phenoxy) is 2. The number of hydrogen-bond acceptors (Lipinski definition) is 5. The van der Waals surface area contributed by atoms with E-state index in [1.165, 1.54) is 58.6 Å². The summed E-state index contributed by atoms with van der Waals surface area (Å²) in [6.45, 7) is 3.26. The molecule has 0 radical (unpaired) electrons. The summed E-state index contributed by atoms with van der Waals surface area (Å²) in [6, 6.07) is 11.0. The van der Waals surface area contributed by atoms with E-state index in [4.69, 9.17) is 9.47 Å². The summed E-state index contributed by atoms with van der Waals surface area (Å²) >= 11 is 3.54. The molecule has 7 heteroatoms. The van der Waals surface area contributed by atoms with E-state index in [0.29, 0.717) is 22.6 Å². The molecule has 6 nitrogen and oxygen atoms in total. The van der Waals surface area contributed by atoms with Crippen LogP contribution in [-0.2, 0) is 9.53 Å². The SMILES string of the molecule is COC(=O)c1ccc2c(c1)C(C(=O)NC1CCN(CC3CCCCCCC3)CC1)c1cc(Br)ccc1O2. The summed E-state index contributed by atoms with van der Waals surface area (Å²) in [6.07, 6.45) is 11.6. The van der Waals surface area contributed by atoms with E-state index in [-0.39, 0.29) is 11.9 Å². The van der Waals surface area contributed by atoms with Crippen molar-refractivity contribution in [2.75, 3.05) is 26.7 Å². The zero-order chi connectivity index (χ0) is 25.8. The molecule has 0 bridgehead atoms. The highest BCUT2D eigenvalue weighted by molar-refractivity contribution is 9.10. The van der Waals surface area contributed by atoms with Gasteiger partial charge in [0.15, 0.2) is 0 Å². The molecule has 1 unspecified atom stereocenters. The molecule has 1 aliphatic carbocycles. The van der Waals surface area contributed by atoms with Crippen LogP contribution in [0.5, 0.6) is 11.5 Å². The largest absolute Gasteiger partial charge is 0.465 e. The number of carbonyl (C=O) groups is 2. The standard InChI is InChI=1S/C30H37BrN2O4/c1-36-30(35)21-9-11-26-24(17-21)28(25-18-22(31)10-12-27(25)37-26)29(34)32-23-13-15-33(16-14-23)19-20-7-5-3-2-4-6-8-20/h9-12,17-18,20,23,28H,2-8,13-16,19H2,1H3,(H,32,34). The fourth-order valence-corrected chi connectivity index (χ4v) is 6.53. The molecule has 1 amide bonds. The Hall–Kier alpha value is -2.38. The van der Waals surface area contributed by atoms with E-state index in [1.807, 2.05) is 18.2 Å². The molecule has 37 heavy (non-hydrogen) atoms. The molecule has 2 heterocycles. The summed E-state index contributed by atoms with van der Waals surface area (Å²) in [5.74, 6) is 1.04. The first-order valence-electron chi connectivity index (χ1n) is 13.7. The third-order valence-electron chi connectivity index (χ3n) is 8.18. The minimum atomic E-state index is -0.561. The fraction of sp³-hybridized carbons (Fsp3) is 0.533. The van der Waals surface area contributed by atoms with Crippen molar-refractivity contribution >= 4 is 27.8 Å².